The number of carbonyl (C=O) groups excluding carboxylic acids is 1. The first-order chi connectivity index (χ1) is 8.67. The van der Waals surface area contributed by atoms with Crippen LogP contribution in [0.5, 0.6) is 0 Å². The molecule has 2 aromatic rings. The smallest absolute Gasteiger partial charge is 0.168 e. The highest BCUT2D eigenvalue weighted by Gasteiger charge is 2.13. The quantitative estimate of drug-likeness (QED) is 0.774. The van der Waals surface area contributed by atoms with Crippen molar-refractivity contribution in [3.05, 3.63) is 47.3 Å². The standard InChI is InChI=1S/C14H13N3O/c1-10(2)13-8-16-17(14(13)9-18)12-5-3-11(7-15)4-6-12/h3-6,8-10H,1-2H3. The summed E-state index contributed by atoms with van der Waals surface area (Å²) in [5.74, 6) is 0.248. The van der Waals surface area contributed by atoms with E-state index in [1.807, 2.05) is 13.8 Å². The average molecular weight is 239 g/mol. The minimum Gasteiger partial charge on any atom is -0.296 e. The Labute approximate surface area is 105 Å². The van der Waals surface area contributed by atoms with Gasteiger partial charge in [0, 0.05) is 5.56 Å². The van der Waals surface area contributed by atoms with Crippen LogP contribution in [0.15, 0.2) is 30.5 Å². The Bertz CT molecular complexity index is 603. The van der Waals surface area contributed by atoms with Crippen LogP contribution in [-0.4, -0.2) is 16.1 Å². The molecule has 4 heteroatoms. The van der Waals surface area contributed by atoms with Gasteiger partial charge in [0.05, 0.1) is 23.5 Å². The molecule has 0 radical (unpaired) electrons. The van der Waals surface area contributed by atoms with E-state index in [-0.39, 0.29) is 5.92 Å². The van der Waals surface area contributed by atoms with Gasteiger partial charge in [0.15, 0.2) is 6.29 Å². The van der Waals surface area contributed by atoms with Crippen LogP contribution < -0.4 is 0 Å². The summed E-state index contributed by atoms with van der Waals surface area (Å²) in [6.07, 6.45) is 2.53. The van der Waals surface area contributed by atoms with Gasteiger partial charge in [0.25, 0.3) is 0 Å². The number of nitriles is 1. The number of hydrogen-bond acceptors (Lipinski definition) is 3. The first kappa shape index (κ1) is 12.1. The molecule has 2 rings (SSSR count). The number of nitrogens with zero attached hydrogens (tertiary/aromatic N) is 3. The summed E-state index contributed by atoms with van der Waals surface area (Å²) in [5, 5.41) is 13.0. The number of rotatable bonds is 3. The lowest BCUT2D eigenvalue weighted by Crippen LogP contribution is -2.03. The summed E-state index contributed by atoms with van der Waals surface area (Å²) < 4.78 is 1.60. The molecule has 18 heavy (non-hydrogen) atoms. The van der Waals surface area contributed by atoms with Crippen molar-refractivity contribution in [3.8, 4) is 11.8 Å². The van der Waals surface area contributed by atoms with Crippen molar-refractivity contribution in [2.45, 2.75) is 19.8 Å². The molecule has 0 spiro atoms. The van der Waals surface area contributed by atoms with E-state index >= 15 is 0 Å². The van der Waals surface area contributed by atoms with Crippen LogP contribution in [0.3, 0.4) is 0 Å². The van der Waals surface area contributed by atoms with Gasteiger partial charge in [0.2, 0.25) is 0 Å². The van der Waals surface area contributed by atoms with Crippen LogP contribution in [0.2, 0.25) is 0 Å². The number of benzene rings is 1. The molecule has 4 nitrogen and oxygen atoms in total. The third-order valence-electron chi connectivity index (χ3n) is 2.81. The largest absolute Gasteiger partial charge is 0.296 e. The highest BCUT2D eigenvalue weighted by molar-refractivity contribution is 5.76. The number of carbonyl (C=O) groups is 1. The highest BCUT2D eigenvalue weighted by Crippen LogP contribution is 2.20. The Balaban J connectivity index is 2.50. The molecule has 1 aromatic heterocycles. The van der Waals surface area contributed by atoms with Gasteiger partial charge in [-0.3, -0.25) is 4.79 Å². The topological polar surface area (TPSA) is 58.7 Å². The predicted octanol–water partition coefficient (Wildman–Crippen LogP) is 2.68. The van der Waals surface area contributed by atoms with Crippen molar-refractivity contribution in [2.75, 3.05) is 0 Å². The van der Waals surface area contributed by atoms with Crippen LogP contribution >= 0.6 is 0 Å². The average Bonchev–Trinajstić information content (AvgIpc) is 2.82. The van der Waals surface area contributed by atoms with Gasteiger partial charge < -0.3 is 0 Å². The van der Waals surface area contributed by atoms with Crippen molar-refractivity contribution in [1.29, 1.82) is 5.26 Å². The van der Waals surface area contributed by atoms with Crippen molar-refractivity contribution >= 4 is 6.29 Å². The molecule has 0 unspecified atom stereocenters. The Morgan fingerprint density at radius 3 is 2.50 bits per heavy atom. The number of hydrogen-bond donors (Lipinski definition) is 0. The summed E-state index contributed by atoms with van der Waals surface area (Å²) in [4.78, 5) is 11.2. The molecule has 1 heterocycles. The van der Waals surface area contributed by atoms with E-state index in [2.05, 4.69) is 11.2 Å². The second-order valence-electron chi connectivity index (χ2n) is 4.33. The maximum atomic E-state index is 11.2. The van der Waals surface area contributed by atoms with Gasteiger partial charge in [-0.25, -0.2) is 4.68 Å². The lowest BCUT2D eigenvalue weighted by atomic mass is 10.0. The minimum absolute atomic E-state index is 0.248. The number of aromatic nitrogens is 2. The third-order valence-corrected chi connectivity index (χ3v) is 2.81. The Morgan fingerprint density at radius 2 is 2.00 bits per heavy atom. The molecule has 0 bridgehead atoms. The molecule has 90 valence electrons. The summed E-state index contributed by atoms with van der Waals surface area (Å²) in [5.41, 5.74) is 2.86. The Hall–Kier alpha value is -2.41. The van der Waals surface area contributed by atoms with E-state index in [0.717, 1.165) is 17.5 Å². The predicted molar refractivity (Wildman–Crippen MR) is 67.8 cm³/mol. The zero-order valence-corrected chi connectivity index (χ0v) is 10.3. The molecule has 0 saturated carbocycles. The lowest BCUT2D eigenvalue weighted by molar-refractivity contribution is 0.111. The molecular formula is C14H13N3O. The molecule has 0 N–H and O–H groups in total. The van der Waals surface area contributed by atoms with E-state index in [1.165, 1.54) is 0 Å². The summed E-state index contributed by atoms with van der Waals surface area (Å²) in [7, 11) is 0. The van der Waals surface area contributed by atoms with Crippen LogP contribution in [-0.2, 0) is 0 Å². The molecule has 0 aliphatic heterocycles. The fourth-order valence-corrected chi connectivity index (χ4v) is 1.82. The molecule has 0 aliphatic rings. The highest BCUT2D eigenvalue weighted by atomic mass is 16.1. The van der Waals surface area contributed by atoms with E-state index in [4.69, 9.17) is 5.26 Å². The van der Waals surface area contributed by atoms with Gasteiger partial charge in [-0.15, -0.1) is 0 Å². The zero-order valence-electron chi connectivity index (χ0n) is 10.3. The molecule has 0 fully saturated rings. The van der Waals surface area contributed by atoms with Gasteiger partial charge in [-0.2, -0.15) is 10.4 Å². The van der Waals surface area contributed by atoms with Crippen molar-refractivity contribution in [3.63, 3.8) is 0 Å². The lowest BCUT2D eigenvalue weighted by Gasteiger charge is -2.06. The van der Waals surface area contributed by atoms with Crippen molar-refractivity contribution < 1.29 is 4.79 Å². The second-order valence-corrected chi connectivity index (χ2v) is 4.33. The minimum atomic E-state index is 0.248. The van der Waals surface area contributed by atoms with Gasteiger partial charge in [-0.05, 0) is 30.2 Å². The van der Waals surface area contributed by atoms with Crippen LogP contribution in [0, 0.1) is 11.3 Å². The van der Waals surface area contributed by atoms with E-state index < -0.39 is 0 Å². The van der Waals surface area contributed by atoms with Gasteiger partial charge in [-0.1, -0.05) is 13.8 Å². The van der Waals surface area contributed by atoms with Crippen molar-refractivity contribution in [2.24, 2.45) is 0 Å². The Morgan fingerprint density at radius 1 is 1.33 bits per heavy atom. The number of aldehydes is 1. The first-order valence-corrected chi connectivity index (χ1v) is 5.71. The molecule has 0 aliphatic carbocycles. The van der Waals surface area contributed by atoms with Crippen molar-refractivity contribution in [1.82, 2.24) is 9.78 Å². The summed E-state index contributed by atoms with van der Waals surface area (Å²) >= 11 is 0. The van der Waals surface area contributed by atoms with E-state index in [0.29, 0.717) is 11.3 Å². The Kier molecular flexibility index (Phi) is 3.24. The SMILES string of the molecule is CC(C)c1cnn(-c2ccc(C#N)cc2)c1C=O. The summed E-state index contributed by atoms with van der Waals surface area (Å²) in [6, 6.07) is 9.04. The molecule has 0 amide bonds. The van der Waals surface area contributed by atoms with Crippen LogP contribution in [0.1, 0.15) is 41.4 Å². The van der Waals surface area contributed by atoms with Gasteiger partial charge >= 0.3 is 0 Å². The van der Waals surface area contributed by atoms with Gasteiger partial charge in [0.1, 0.15) is 5.69 Å². The fraction of sp³-hybridized carbons (Fsp3) is 0.214. The monoisotopic (exact) mass is 239 g/mol. The maximum Gasteiger partial charge on any atom is 0.168 e. The molecular weight excluding hydrogens is 226 g/mol. The molecule has 0 saturated heterocycles. The van der Waals surface area contributed by atoms with E-state index in [9.17, 15) is 4.79 Å². The maximum absolute atomic E-state index is 11.2. The summed E-state index contributed by atoms with van der Waals surface area (Å²) in [6.45, 7) is 4.04. The zero-order chi connectivity index (χ0) is 13.1. The van der Waals surface area contributed by atoms with Crippen LogP contribution in [0.25, 0.3) is 5.69 Å². The molecule has 0 atom stereocenters. The molecule has 1 aromatic carbocycles. The second kappa shape index (κ2) is 4.84. The van der Waals surface area contributed by atoms with Crippen LogP contribution in [0.4, 0.5) is 0 Å². The fourth-order valence-electron chi connectivity index (χ4n) is 1.82. The van der Waals surface area contributed by atoms with E-state index in [1.54, 1.807) is 35.1 Å². The normalized spacial score (nSPS) is 10.3. The third kappa shape index (κ3) is 2.03. The first-order valence-electron chi connectivity index (χ1n) is 5.71.